The fourth-order valence-electron chi connectivity index (χ4n) is 5.36. The maximum Gasteiger partial charge on any atom is 0.260 e. The van der Waals surface area contributed by atoms with E-state index in [9.17, 15) is 9.59 Å². The second-order valence-electron chi connectivity index (χ2n) is 11.0. The molecule has 0 bridgehead atoms. The number of halogens is 1. The number of carbonyl (C=O) groups excluding carboxylic acids is 2. The maximum absolute atomic E-state index is 13.0. The second-order valence-corrected chi connectivity index (χ2v) is 12.5. The second kappa shape index (κ2) is 15.3. The first-order chi connectivity index (χ1) is 21.4. The summed E-state index contributed by atoms with van der Waals surface area (Å²) in [4.78, 5) is 29.4. The molecule has 5 rings (SSSR count). The lowest BCUT2D eigenvalue weighted by Gasteiger charge is -2.40. The highest BCUT2D eigenvalue weighted by Gasteiger charge is 2.29. The zero-order valence-electron chi connectivity index (χ0n) is 25.2. The molecule has 1 atom stereocenters. The third-order valence-electron chi connectivity index (χ3n) is 7.75. The van der Waals surface area contributed by atoms with E-state index in [0.717, 1.165) is 35.3 Å². The molecular formula is C34H38ClN5O3S. The Morgan fingerprint density at radius 1 is 0.932 bits per heavy atom. The smallest absolute Gasteiger partial charge is 0.260 e. The van der Waals surface area contributed by atoms with Gasteiger partial charge in [-0.15, -0.1) is 10.2 Å². The standard InChI is InChI=1S/C34H38ClN5O3S/c1-25-10-6-7-13-30(25)40-31(22-27-11-4-3-5-12-27)36-37-34(40)44-21-9-8-14-32(41)38-19-20-39(26(2)23-38)33(42)24-43-29-17-15-28(35)16-18-29/h3-7,10-13,15-18,26H,8-9,14,19-24H2,1-2H3. The van der Waals surface area contributed by atoms with Crippen LogP contribution in [0.1, 0.15) is 43.1 Å². The lowest BCUT2D eigenvalue weighted by Crippen LogP contribution is -2.56. The SMILES string of the molecule is Cc1ccccc1-n1c(Cc2ccccc2)nnc1SCCCCC(=O)N1CCN(C(=O)COc2ccc(Cl)cc2)C(C)C1. The van der Waals surface area contributed by atoms with E-state index >= 15 is 0 Å². The van der Waals surface area contributed by atoms with Gasteiger partial charge in [-0.3, -0.25) is 14.2 Å². The molecule has 2 heterocycles. The number of piperazine rings is 1. The number of ether oxygens (including phenoxy) is 1. The van der Waals surface area contributed by atoms with Crippen molar-refractivity contribution in [1.82, 2.24) is 24.6 Å². The molecule has 0 spiro atoms. The van der Waals surface area contributed by atoms with E-state index in [1.165, 1.54) is 11.1 Å². The van der Waals surface area contributed by atoms with Gasteiger partial charge in [-0.1, -0.05) is 71.9 Å². The molecule has 0 aliphatic carbocycles. The van der Waals surface area contributed by atoms with E-state index in [-0.39, 0.29) is 24.5 Å². The number of unbranched alkanes of at least 4 members (excludes halogenated alkanes) is 1. The van der Waals surface area contributed by atoms with Crippen molar-refractivity contribution in [2.24, 2.45) is 0 Å². The molecule has 1 unspecified atom stereocenters. The van der Waals surface area contributed by atoms with Gasteiger partial charge in [-0.25, -0.2) is 0 Å². The van der Waals surface area contributed by atoms with Crippen molar-refractivity contribution in [3.05, 3.63) is 101 Å². The summed E-state index contributed by atoms with van der Waals surface area (Å²) >= 11 is 7.59. The highest BCUT2D eigenvalue weighted by Crippen LogP contribution is 2.26. The molecular weight excluding hydrogens is 594 g/mol. The molecule has 8 nitrogen and oxygen atoms in total. The molecule has 1 saturated heterocycles. The Bertz CT molecular complexity index is 1550. The summed E-state index contributed by atoms with van der Waals surface area (Å²) in [5.74, 6) is 2.41. The number of nitrogens with zero attached hydrogens (tertiary/aromatic N) is 5. The van der Waals surface area contributed by atoms with Crippen molar-refractivity contribution in [2.45, 2.75) is 50.7 Å². The monoisotopic (exact) mass is 631 g/mol. The van der Waals surface area contributed by atoms with Crippen molar-refractivity contribution in [1.29, 1.82) is 0 Å². The average molecular weight is 632 g/mol. The molecule has 0 radical (unpaired) electrons. The highest BCUT2D eigenvalue weighted by molar-refractivity contribution is 7.99. The quantitative estimate of drug-likeness (QED) is 0.136. The zero-order valence-corrected chi connectivity index (χ0v) is 26.8. The molecule has 3 aromatic carbocycles. The Kier molecular flexibility index (Phi) is 11.0. The summed E-state index contributed by atoms with van der Waals surface area (Å²) < 4.78 is 7.80. The third kappa shape index (κ3) is 8.21. The first-order valence-corrected chi connectivity index (χ1v) is 16.4. The first kappa shape index (κ1) is 31.6. The largest absolute Gasteiger partial charge is 0.484 e. The first-order valence-electron chi connectivity index (χ1n) is 15.0. The Labute approximate surface area is 268 Å². The van der Waals surface area contributed by atoms with Crippen LogP contribution in [-0.4, -0.2) is 74.4 Å². The summed E-state index contributed by atoms with van der Waals surface area (Å²) in [6, 6.07) is 25.5. The number of hydrogen-bond donors (Lipinski definition) is 0. The van der Waals surface area contributed by atoms with Crippen molar-refractivity contribution in [2.75, 3.05) is 32.0 Å². The van der Waals surface area contributed by atoms with Crippen LogP contribution in [0, 0.1) is 6.92 Å². The number of thioether (sulfide) groups is 1. The molecule has 0 N–H and O–H groups in total. The normalized spacial score (nSPS) is 14.9. The molecule has 1 aliphatic heterocycles. The molecule has 2 amide bonds. The number of hydrogen-bond acceptors (Lipinski definition) is 6. The van der Waals surface area contributed by atoms with Crippen LogP contribution in [0.15, 0.2) is 84.0 Å². The summed E-state index contributed by atoms with van der Waals surface area (Å²) in [5, 5.41) is 10.6. The van der Waals surface area contributed by atoms with Gasteiger partial charge in [0.25, 0.3) is 5.91 Å². The van der Waals surface area contributed by atoms with E-state index in [2.05, 4.69) is 46.0 Å². The van der Waals surface area contributed by atoms with Gasteiger partial charge >= 0.3 is 0 Å². The lowest BCUT2D eigenvalue weighted by molar-refractivity contribution is -0.143. The van der Waals surface area contributed by atoms with E-state index < -0.39 is 0 Å². The molecule has 1 aromatic heterocycles. The summed E-state index contributed by atoms with van der Waals surface area (Å²) in [6.45, 7) is 5.62. The van der Waals surface area contributed by atoms with Crippen molar-refractivity contribution < 1.29 is 14.3 Å². The Morgan fingerprint density at radius 3 is 2.43 bits per heavy atom. The molecule has 1 fully saturated rings. The van der Waals surface area contributed by atoms with E-state index in [1.54, 1.807) is 40.9 Å². The van der Waals surface area contributed by atoms with Crippen molar-refractivity contribution in [3.63, 3.8) is 0 Å². The van der Waals surface area contributed by atoms with Crippen LogP contribution in [0.4, 0.5) is 0 Å². The van der Waals surface area contributed by atoms with Crippen LogP contribution in [0.3, 0.4) is 0 Å². The third-order valence-corrected chi connectivity index (χ3v) is 9.02. The van der Waals surface area contributed by atoms with E-state index in [4.69, 9.17) is 16.3 Å². The Balaban J connectivity index is 1.08. The van der Waals surface area contributed by atoms with Gasteiger partial charge in [0.15, 0.2) is 11.8 Å². The summed E-state index contributed by atoms with van der Waals surface area (Å²) in [6.07, 6.45) is 2.87. The van der Waals surface area contributed by atoms with E-state index in [0.29, 0.717) is 43.2 Å². The Morgan fingerprint density at radius 2 is 1.68 bits per heavy atom. The summed E-state index contributed by atoms with van der Waals surface area (Å²) in [7, 11) is 0. The van der Waals surface area contributed by atoms with Crippen LogP contribution in [-0.2, 0) is 16.0 Å². The van der Waals surface area contributed by atoms with Crippen molar-refractivity contribution >= 4 is 35.2 Å². The number of aryl methyl sites for hydroxylation is 1. The van der Waals surface area contributed by atoms with E-state index in [1.807, 2.05) is 42.2 Å². The van der Waals surface area contributed by atoms with Crippen LogP contribution < -0.4 is 4.74 Å². The minimum atomic E-state index is -0.0814. The molecule has 4 aromatic rings. The predicted molar refractivity (Wildman–Crippen MR) is 175 cm³/mol. The van der Waals surface area contributed by atoms with Crippen LogP contribution >= 0.6 is 23.4 Å². The van der Waals surface area contributed by atoms with Gasteiger partial charge in [-0.05, 0) is 68.1 Å². The fraction of sp³-hybridized carbons (Fsp3) is 0.353. The summed E-state index contributed by atoms with van der Waals surface area (Å²) in [5.41, 5.74) is 3.44. The minimum Gasteiger partial charge on any atom is -0.484 e. The van der Waals surface area contributed by atoms with Crippen molar-refractivity contribution in [3.8, 4) is 11.4 Å². The molecule has 10 heteroatoms. The zero-order chi connectivity index (χ0) is 30.9. The van der Waals surface area contributed by atoms with Gasteiger partial charge in [0, 0.05) is 49.3 Å². The van der Waals surface area contributed by atoms with Gasteiger partial charge in [-0.2, -0.15) is 0 Å². The topological polar surface area (TPSA) is 80.6 Å². The number of amides is 2. The number of para-hydroxylation sites is 1. The lowest BCUT2D eigenvalue weighted by atomic mass is 10.1. The molecule has 1 aliphatic rings. The van der Waals surface area contributed by atoms with Gasteiger partial charge in [0.2, 0.25) is 5.91 Å². The number of benzene rings is 3. The average Bonchev–Trinajstić information content (AvgIpc) is 3.42. The maximum atomic E-state index is 13.0. The van der Waals surface area contributed by atoms with Gasteiger partial charge in [0.05, 0.1) is 5.69 Å². The minimum absolute atomic E-state index is 0.0388. The van der Waals surface area contributed by atoms with Gasteiger partial charge < -0.3 is 14.5 Å². The predicted octanol–water partition coefficient (Wildman–Crippen LogP) is 6.22. The molecule has 230 valence electrons. The van der Waals surface area contributed by atoms with Crippen LogP contribution in [0.5, 0.6) is 5.75 Å². The number of carbonyl (C=O) groups is 2. The fourth-order valence-corrected chi connectivity index (χ4v) is 6.44. The number of rotatable bonds is 12. The van der Waals surface area contributed by atoms with Crippen LogP contribution in [0.25, 0.3) is 5.69 Å². The highest BCUT2D eigenvalue weighted by atomic mass is 35.5. The number of aromatic nitrogens is 3. The molecule has 0 saturated carbocycles. The molecule has 44 heavy (non-hydrogen) atoms. The van der Waals surface area contributed by atoms with Crippen LogP contribution in [0.2, 0.25) is 5.02 Å². The van der Waals surface area contributed by atoms with Gasteiger partial charge in [0.1, 0.15) is 11.6 Å². The Hall–Kier alpha value is -3.82.